The predicted molar refractivity (Wildman–Crippen MR) is 110 cm³/mol. The third-order valence-corrected chi connectivity index (χ3v) is 5.70. The van der Waals surface area contributed by atoms with Gasteiger partial charge in [0.1, 0.15) is 10.6 Å². The number of ether oxygens (including phenoxy) is 1. The van der Waals surface area contributed by atoms with Crippen molar-refractivity contribution in [3.63, 3.8) is 0 Å². The van der Waals surface area contributed by atoms with E-state index in [0.717, 1.165) is 33.7 Å². The van der Waals surface area contributed by atoms with Crippen molar-refractivity contribution in [3.8, 4) is 11.1 Å². The molecule has 0 saturated heterocycles. The van der Waals surface area contributed by atoms with Crippen LogP contribution in [0.3, 0.4) is 0 Å². The number of benzene rings is 2. The summed E-state index contributed by atoms with van der Waals surface area (Å²) < 4.78 is 31.6. The molecule has 1 N–H and O–H groups in total. The van der Waals surface area contributed by atoms with Gasteiger partial charge in [0.05, 0.1) is 7.11 Å². The Hall–Kier alpha value is -3.06. The van der Waals surface area contributed by atoms with Crippen molar-refractivity contribution in [2.75, 3.05) is 12.4 Å². The first-order chi connectivity index (χ1) is 13.7. The van der Waals surface area contributed by atoms with Crippen molar-refractivity contribution >= 4 is 28.2 Å². The number of hydrogen-bond donors (Lipinski definition) is 1. The predicted octanol–water partition coefficient (Wildman–Crippen LogP) is 5.66. The fourth-order valence-corrected chi connectivity index (χ4v) is 4.05. The average molecular weight is 415 g/mol. The molecule has 0 fully saturated rings. The molecule has 0 radical (unpaired) electrons. The number of aryl methyl sites for hydroxylation is 3. The maximum Gasteiger partial charge on any atom is 0.341 e. The topological polar surface area (TPSA) is 55.4 Å². The van der Waals surface area contributed by atoms with Crippen LogP contribution in [0.1, 0.15) is 36.7 Å². The first-order valence-electron chi connectivity index (χ1n) is 8.78. The Kier molecular flexibility index (Phi) is 5.79. The van der Waals surface area contributed by atoms with Gasteiger partial charge in [-0.15, -0.1) is 11.3 Å². The van der Waals surface area contributed by atoms with Crippen molar-refractivity contribution in [1.29, 1.82) is 0 Å². The number of anilines is 1. The highest BCUT2D eigenvalue weighted by Gasteiger charge is 2.25. The Balaban J connectivity index is 2.07. The molecule has 0 aliphatic heterocycles. The molecule has 0 saturated carbocycles. The molecule has 7 heteroatoms. The summed E-state index contributed by atoms with van der Waals surface area (Å²) in [6, 6.07) is 8.71. The summed E-state index contributed by atoms with van der Waals surface area (Å²) in [4.78, 5) is 25.9. The molecule has 0 bridgehead atoms. The monoisotopic (exact) mass is 415 g/mol. The van der Waals surface area contributed by atoms with E-state index in [0.29, 0.717) is 5.56 Å². The number of carbonyl (C=O) groups excluding carboxylic acids is 2. The number of amides is 1. The van der Waals surface area contributed by atoms with Gasteiger partial charge < -0.3 is 10.1 Å². The van der Waals surface area contributed by atoms with Crippen molar-refractivity contribution in [3.05, 3.63) is 75.2 Å². The maximum atomic E-state index is 13.5. The Bertz CT molecular complexity index is 1120. The summed E-state index contributed by atoms with van der Waals surface area (Å²) in [5, 5.41) is 2.92. The first kappa shape index (κ1) is 20.7. The van der Waals surface area contributed by atoms with Crippen LogP contribution in [0.15, 0.2) is 36.4 Å². The number of halogens is 2. The lowest BCUT2D eigenvalue weighted by atomic mass is 9.97. The van der Waals surface area contributed by atoms with Gasteiger partial charge in [-0.1, -0.05) is 18.2 Å². The second-order valence-corrected chi connectivity index (χ2v) is 7.84. The standard InChI is InChI=1S/C22H19F2NO3S/c1-11-5-6-14(9-12(11)2)18-13(3)29-21(19(18)22(27)28-4)25-20(26)15-7-8-16(23)17(24)10-15/h5-10H,1-4H3,(H,25,26). The van der Waals surface area contributed by atoms with Crippen LogP contribution in [0.4, 0.5) is 13.8 Å². The Labute approximate surface area is 171 Å². The average Bonchev–Trinajstić information content (AvgIpc) is 3.01. The van der Waals surface area contributed by atoms with Crippen LogP contribution < -0.4 is 5.32 Å². The van der Waals surface area contributed by atoms with Crippen molar-refractivity contribution in [1.82, 2.24) is 0 Å². The number of esters is 1. The summed E-state index contributed by atoms with van der Waals surface area (Å²) in [6.45, 7) is 5.81. The third-order valence-electron chi connectivity index (χ3n) is 4.68. The molecular formula is C22H19F2NO3S. The normalized spacial score (nSPS) is 10.7. The van der Waals surface area contributed by atoms with Crippen LogP contribution in [0.2, 0.25) is 0 Å². The maximum absolute atomic E-state index is 13.5. The highest BCUT2D eigenvalue weighted by atomic mass is 32.1. The van der Waals surface area contributed by atoms with E-state index in [1.807, 2.05) is 39.0 Å². The lowest BCUT2D eigenvalue weighted by molar-refractivity contribution is 0.0603. The summed E-state index contributed by atoms with van der Waals surface area (Å²) in [6.07, 6.45) is 0. The van der Waals surface area contributed by atoms with Gasteiger partial charge in [-0.25, -0.2) is 13.6 Å². The van der Waals surface area contributed by atoms with Gasteiger partial charge in [0.2, 0.25) is 0 Å². The van der Waals surface area contributed by atoms with Gasteiger partial charge in [0, 0.05) is 16.0 Å². The minimum atomic E-state index is -1.12. The number of nitrogens with one attached hydrogen (secondary N) is 1. The molecule has 4 nitrogen and oxygen atoms in total. The minimum absolute atomic E-state index is 0.0569. The van der Waals surface area contributed by atoms with Gasteiger partial charge >= 0.3 is 5.97 Å². The van der Waals surface area contributed by atoms with Crippen LogP contribution in [0.25, 0.3) is 11.1 Å². The lowest BCUT2D eigenvalue weighted by Crippen LogP contribution is -2.14. The van der Waals surface area contributed by atoms with Crippen molar-refractivity contribution in [2.24, 2.45) is 0 Å². The molecule has 3 aromatic rings. The SMILES string of the molecule is COC(=O)c1c(NC(=O)c2ccc(F)c(F)c2)sc(C)c1-c1ccc(C)c(C)c1. The van der Waals surface area contributed by atoms with E-state index in [1.165, 1.54) is 24.5 Å². The summed E-state index contributed by atoms with van der Waals surface area (Å²) in [5.41, 5.74) is 3.86. The highest BCUT2D eigenvalue weighted by molar-refractivity contribution is 7.17. The third kappa shape index (κ3) is 4.05. The smallest absolute Gasteiger partial charge is 0.341 e. The van der Waals surface area contributed by atoms with Gasteiger partial charge in [-0.3, -0.25) is 4.79 Å². The van der Waals surface area contributed by atoms with Crippen LogP contribution in [-0.2, 0) is 4.74 Å². The van der Waals surface area contributed by atoms with E-state index in [9.17, 15) is 18.4 Å². The fourth-order valence-electron chi connectivity index (χ4n) is 2.99. The Morgan fingerprint density at radius 1 is 0.966 bits per heavy atom. The molecular weight excluding hydrogens is 396 g/mol. The summed E-state index contributed by atoms with van der Waals surface area (Å²) >= 11 is 1.22. The molecule has 2 aromatic carbocycles. The Morgan fingerprint density at radius 3 is 2.31 bits per heavy atom. The van der Waals surface area contributed by atoms with E-state index >= 15 is 0 Å². The zero-order valence-corrected chi connectivity index (χ0v) is 17.2. The number of thiophene rings is 1. The quantitative estimate of drug-likeness (QED) is 0.560. The molecule has 1 heterocycles. The van der Waals surface area contributed by atoms with E-state index in [-0.39, 0.29) is 16.1 Å². The molecule has 1 amide bonds. The van der Waals surface area contributed by atoms with E-state index in [2.05, 4.69) is 5.32 Å². The van der Waals surface area contributed by atoms with Crippen LogP contribution in [0, 0.1) is 32.4 Å². The highest BCUT2D eigenvalue weighted by Crippen LogP contribution is 2.41. The number of hydrogen-bond acceptors (Lipinski definition) is 4. The Morgan fingerprint density at radius 2 is 1.69 bits per heavy atom. The summed E-state index contributed by atoms with van der Waals surface area (Å²) in [7, 11) is 1.26. The van der Waals surface area contributed by atoms with Gasteiger partial charge in [0.15, 0.2) is 11.6 Å². The number of carbonyl (C=O) groups is 2. The van der Waals surface area contributed by atoms with Crippen LogP contribution >= 0.6 is 11.3 Å². The van der Waals surface area contributed by atoms with Gasteiger partial charge in [0.25, 0.3) is 5.91 Å². The van der Waals surface area contributed by atoms with E-state index in [1.54, 1.807) is 0 Å². The van der Waals surface area contributed by atoms with Crippen LogP contribution in [0.5, 0.6) is 0 Å². The second kappa shape index (κ2) is 8.13. The molecule has 29 heavy (non-hydrogen) atoms. The molecule has 0 unspecified atom stereocenters. The largest absolute Gasteiger partial charge is 0.465 e. The van der Waals surface area contributed by atoms with E-state index < -0.39 is 23.5 Å². The van der Waals surface area contributed by atoms with Crippen molar-refractivity contribution in [2.45, 2.75) is 20.8 Å². The molecule has 3 rings (SSSR count). The van der Waals surface area contributed by atoms with Gasteiger partial charge in [-0.2, -0.15) is 0 Å². The number of rotatable bonds is 4. The van der Waals surface area contributed by atoms with Crippen LogP contribution in [-0.4, -0.2) is 19.0 Å². The zero-order valence-electron chi connectivity index (χ0n) is 16.4. The minimum Gasteiger partial charge on any atom is -0.465 e. The molecule has 0 aliphatic rings. The molecule has 0 atom stereocenters. The number of methoxy groups -OCH3 is 1. The lowest BCUT2D eigenvalue weighted by Gasteiger charge is -2.10. The molecule has 0 spiro atoms. The second-order valence-electron chi connectivity index (χ2n) is 6.61. The molecule has 150 valence electrons. The first-order valence-corrected chi connectivity index (χ1v) is 9.60. The molecule has 1 aromatic heterocycles. The van der Waals surface area contributed by atoms with Gasteiger partial charge in [-0.05, 0) is 55.7 Å². The zero-order chi connectivity index (χ0) is 21.3. The fraction of sp³-hybridized carbons (Fsp3) is 0.182. The van der Waals surface area contributed by atoms with E-state index in [4.69, 9.17) is 4.74 Å². The molecule has 0 aliphatic carbocycles. The summed E-state index contributed by atoms with van der Waals surface area (Å²) in [5.74, 6) is -3.41. The van der Waals surface area contributed by atoms with Crippen molar-refractivity contribution < 1.29 is 23.1 Å².